The van der Waals surface area contributed by atoms with E-state index in [-0.39, 0.29) is 5.44 Å². The summed E-state index contributed by atoms with van der Waals surface area (Å²) < 4.78 is 6.40. The predicted molar refractivity (Wildman–Crippen MR) is 78.5 cm³/mol. The minimum absolute atomic E-state index is 0.0636. The summed E-state index contributed by atoms with van der Waals surface area (Å²) in [6.45, 7) is 2.79. The van der Waals surface area contributed by atoms with Crippen molar-refractivity contribution in [3.63, 3.8) is 0 Å². The fourth-order valence-corrected chi connectivity index (χ4v) is 2.83. The second-order valence-electron chi connectivity index (χ2n) is 3.97. The Morgan fingerprint density at radius 1 is 1.41 bits per heavy atom. The van der Waals surface area contributed by atoms with Crippen molar-refractivity contribution in [2.45, 2.75) is 12.4 Å². The first-order valence-electron chi connectivity index (χ1n) is 5.45. The highest BCUT2D eigenvalue weighted by atomic mass is 32.2. The van der Waals surface area contributed by atoms with Crippen molar-refractivity contribution in [2.24, 2.45) is 0 Å². The Bertz CT molecular complexity index is 430. The van der Waals surface area contributed by atoms with Gasteiger partial charge in [0.25, 0.3) is 0 Å². The molecule has 1 unspecified atom stereocenters. The van der Waals surface area contributed by atoms with E-state index in [0.29, 0.717) is 0 Å². The van der Waals surface area contributed by atoms with Gasteiger partial charge in [-0.3, -0.25) is 0 Å². The zero-order valence-electron chi connectivity index (χ0n) is 9.92. The molecule has 2 nitrogen and oxygen atoms in total. The number of para-hydroxylation sites is 1. The lowest BCUT2D eigenvalue weighted by Gasteiger charge is -2.20. The lowest BCUT2D eigenvalue weighted by Crippen LogP contribution is -2.23. The number of nitrogens with zero attached hydrogens (tertiary/aromatic N) is 1. The lowest BCUT2D eigenvalue weighted by atomic mass is 10.3. The number of rotatable bonds is 2. The Morgan fingerprint density at radius 2 is 2.12 bits per heavy atom. The van der Waals surface area contributed by atoms with Crippen LogP contribution in [0.15, 0.2) is 42.0 Å². The zero-order valence-corrected chi connectivity index (χ0v) is 11.6. The van der Waals surface area contributed by atoms with Gasteiger partial charge in [-0.1, -0.05) is 42.2 Å². The van der Waals surface area contributed by atoms with E-state index in [9.17, 15) is 0 Å². The summed E-state index contributed by atoms with van der Waals surface area (Å²) in [6, 6.07) is 10.1. The van der Waals surface area contributed by atoms with Gasteiger partial charge in [0.15, 0.2) is 0 Å². The molecule has 0 N–H and O–H groups in total. The van der Waals surface area contributed by atoms with E-state index >= 15 is 0 Å². The van der Waals surface area contributed by atoms with Gasteiger partial charge in [-0.15, -0.1) is 0 Å². The molecule has 0 amide bonds. The van der Waals surface area contributed by atoms with Gasteiger partial charge in [0.05, 0.1) is 6.61 Å². The molecule has 0 spiro atoms. The maximum atomic E-state index is 5.58. The van der Waals surface area contributed by atoms with Crippen LogP contribution in [0.1, 0.15) is 6.92 Å². The third-order valence-corrected chi connectivity index (χ3v) is 4.07. The van der Waals surface area contributed by atoms with Crippen LogP contribution in [0.5, 0.6) is 0 Å². The van der Waals surface area contributed by atoms with Crippen LogP contribution in [0.3, 0.4) is 0 Å². The number of hydrogen-bond acceptors (Lipinski definition) is 3. The van der Waals surface area contributed by atoms with Gasteiger partial charge in [-0.2, -0.15) is 0 Å². The number of hydrogen-bond donors (Lipinski definition) is 0. The molecular weight excluding hydrogens is 250 g/mol. The summed E-state index contributed by atoms with van der Waals surface area (Å²) in [5.41, 5.74) is 2.44. The number of benzene rings is 1. The fraction of sp³-hybridized carbons (Fsp3) is 0.308. The standard InChI is InChI=1S/C13H15NOS2/c1-10-8-12(15-9-10)17-13(16)14(2)11-6-4-3-5-7-11/h3-8,12H,9H2,1-2H3. The maximum absolute atomic E-state index is 5.58. The van der Waals surface area contributed by atoms with E-state index in [1.807, 2.05) is 42.3 Å². The minimum atomic E-state index is 0.0636. The molecule has 1 aromatic carbocycles. The SMILES string of the molecule is CC1=CC(SC(=S)N(C)c2ccccc2)OC1. The molecule has 0 fully saturated rings. The molecular formula is C13H15NOS2. The van der Waals surface area contributed by atoms with Crippen molar-refractivity contribution in [1.29, 1.82) is 0 Å². The van der Waals surface area contributed by atoms with Gasteiger partial charge >= 0.3 is 0 Å². The van der Waals surface area contributed by atoms with Crippen molar-refractivity contribution in [3.05, 3.63) is 42.0 Å². The molecule has 0 aliphatic carbocycles. The summed E-state index contributed by atoms with van der Waals surface area (Å²) in [7, 11) is 1.98. The van der Waals surface area contributed by atoms with Crippen LogP contribution in [-0.2, 0) is 4.74 Å². The third kappa shape index (κ3) is 3.31. The molecule has 0 bridgehead atoms. The summed E-state index contributed by atoms with van der Waals surface area (Å²) >= 11 is 6.99. The van der Waals surface area contributed by atoms with Crippen LogP contribution in [-0.4, -0.2) is 23.4 Å². The summed E-state index contributed by atoms with van der Waals surface area (Å²) in [5.74, 6) is 0. The number of thioether (sulfide) groups is 1. The van der Waals surface area contributed by atoms with E-state index < -0.39 is 0 Å². The molecule has 1 aliphatic heterocycles. The van der Waals surface area contributed by atoms with Gasteiger partial charge in [-0.05, 0) is 30.7 Å². The van der Waals surface area contributed by atoms with Crippen LogP contribution in [0.4, 0.5) is 5.69 Å². The largest absolute Gasteiger partial charge is 0.359 e. The molecule has 0 saturated heterocycles. The van der Waals surface area contributed by atoms with E-state index in [1.165, 1.54) is 5.57 Å². The highest BCUT2D eigenvalue weighted by molar-refractivity contribution is 8.23. The molecule has 17 heavy (non-hydrogen) atoms. The molecule has 1 heterocycles. The maximum Gasteiger partial charge on any atom is 0.143 e. The molecule has 0 aromatic heterocycles. The average Bonchev–Trinajstić information content (AvgIpc) is 2.75. The quantitative estimate of drug-likeness (QED) is 0.599. The van der Waals surface area contributed by atoms with Crippen molar-refractivity contribution >= 4 is 34.0 Å². The van der Waals surface area contributed by atoms with Crippen LogP contribution in [0, 0.1) is 0 Å². The topological polar surface area (TPSA) is 12.5 Å². The predicted octanol–water partition coefficient (Wildman–Crippen LogP) is 3.44. The molecule has 0 radical (unpaired) electrons. The number of anilines is 1. The first-order chi connectivity index (χ1) is 8.16. The zero-order chi connectivity index (χ0) is 12.3. The monoisotopic (exact) mass is 265 g/mol. The Balaban J connectivity index is 1.97. The third-order valence-electron chi connectivity index (χ3n) is 2.53. The average molecular weight is 265 g/mol. The highest BCUT2D eigenvalue weighted by Crippen LogP contribution is 2.26. The van der Waals surface area contributed by atoms with Gasteiger partial charge in [0.2, 0.25) is 0 Å². The molecule has 2 rings (SSSR count). The Labute approximate surface area is 112 Å². The van der Waals surface area contributed by atoms with Crippen LogP contribution in [0.2, 0.25) is 0 Å². The molecule has 1 aliphatic rings. The summed E-state index contributed by atoms with van der Waals surface area (Å²) in [5, 5.41) is 0. The number of ether oxygens (including phenoxy) is 1. The van der Waals surface area contributed by atoms with Crippen molar-refractivity contribution < 1.29 is 4.74 Å². The first kappa shape index (κ1) is 12.6. The van der Waals surface area contributed by atoms with Crippen LogP contribution < -0.4 is 4.90 Å². The van der Waals surface area contributed by atoms with Gasteiger partial charge < -0.3 is 9.64 Å². The molecule has 1 atom stereocenters. The first-order valence-corrected chi connectivity index (χ1v) is 6.74. The minimum Gasteiger partial charge on any atom is -0.359 e. The van der Waals surface area contributed by atoms with Crippen LogP contribution >= 0.6 is 24.0 Å². The van der Waals surface area contributed by atoms with Crippen molar-refractivity contribution in [1.82, 2.24) is 0 Å². The van der Waals surface area contributed by atoms with Gasteiger partial charge in [0, 0.05) is 12.7 Å². The smallest absolute Gasteiger partial charge is 0.143 e. The van der Waals surface area contributed by atoms with Gasteiger partial charge in [-0.25, -0.2) is 0 Å². The second-order valence-corrected chi connectivity index (χ2v) is 5.70. The van der Waals surface area contributed by atoms with E-state index in [2.05, 4.69) is 13.0 Å². The van der Waals surface area contributed by atoms with Crippen molar-refractivity contribution in [2.75, 3.05) is 18.6 Å². The fourth-order valence-electron chi connectivity index (χ4n) is 1.55. The van der Waals surface area contributed by atoms with Gasteiger partial charge in [0.1, 0.15) is 9.76 Å². The molecule has 4 heteroatoms. The Kier molecular flexibility index (Phi) is 4.20. The Hall–Kier alpha value is -0.840. The van der Waals surface area contributed by atoms with Crippen molar-refractivity contribution in [3.8, 4) is 0 Å². The molecule has 90 valence electrons. The second kappa shape index (κ2) is 5.67. The molecule has 0 saturated carbocycles. The van der Waals surface area contributed by atoms with E-state index in [1.54, 1.807) is 11.8 Å². The summed E-state index contributed by atoms with van der Waals surface area (Å²) in [6.07, 6.45) is 2.12. The van der Waals surface area contributed by atoms with E-state index in [0.717, 1.165) is 16.6 Å². The molecule has 1 aromatic rings. The lowest BCUT2D eigenvalue weighted by molar-refractivity contribution is 0.186. The summed E-state index contributed by atoms with van der Waals surface area (Å²) in [4.78, 5) is 2.00. The highest BCUT2D eigenvalue weighted by Gasteiger charge is 2.18. The van der Waals surface area contributed by atoms with Crippen LogP contribution in [0.25, 0.3) is 0 Å². The normalized spacial score (nSPS) is 18.9. The number of thiocarbonyl (C=S) groups is 1. The van der Waals surface area contributed by atoms with E-state index in [4.69, 9.17) is 17.0 Å². The Morgan fingerprint density at radius 3 is 2.71 bits per heavy atom.